The van der Waals surface area contributed by atoms with Crippen molar-refractivity contribution in [3.05, 3.63) is 11.3 Å². The summed E-state index contributed by atoms with van der Waals surface area (Å²) >= 11 is -1.06. The highest BCUT2D eigenvalue weighted by Gasteiger charge is 2.33. The molecule has 1 heterocycles. The summed E-state index contributed by atoms with van der Waals surface area (Å²) in [6, 6.07) is 3.80. The van der Waals surface area contributed by atoms with Crippen molar-refractivity contribution in [2.45, 2.75) is 38.9 Å². The van der Waals surface area contributed by atoms with Gasteiger partial charge in [0.15, 0.2) is 11.1 Å². The highest BCUT2D eigenvalue weighted by atomic mass is 32.2. The molecule has 0 amide bonds. The molecule has 1 aliphatic heterocycles. The molecule has 1 aliphatic rings. The van der Waals surface area contributed by atoms with Crippen molar-refractivity contribution < 1.29 is 8.39 Å². The summed E-state index contributed by atoms with van der Waals surface area (Å²) in [4.78, 5) is 0. The van der Waals surface area contributed by atoms with Crippen LogP contribution in [0.15, 0.2) is 11.3 Å². The van der Waals surface area contributed by atoms with Crippen LogP contribution in [0.2, 0.25) is 18.1 Å². The van der Waals surface area contributed by atoms with Crippen molar-refractivity contribution in [2.24, 2.45) is 0 Å². The average molecular weight is 232 g/mol. The van der Waals surface area contributed by atoms with Gasteiger partial charge in [0.05, 0.1) is 20.4 Å². The third-order valence-electron chi connectivity index (χ3n) is 3.51. The fraction of sp³-hybridized carbons (Fsp3) is 0.800. The maximum Gasteiger partial charge on any atom is 0.159 e. The Hall–Kier alpha value is 0.0669. The van der Waals surface area contributed by atoms with Crippen LogP contribution in [-0.4, -0.2) is 24.6 Å². The molecular formula is C10H20O2SSi. The van der Waals surface area contributed by atoms with E-state index >= 15 is 0 Å². The third-order valence-corrected chi connectivity index (χ3v) is 10.5. The molecule has 1 unspecified atom stereocenters. The van der Waals surface area contributed by atoms with Gasteiger partial charge in [-0.15, -0.1) is 0 Å². The molecule has 0 saturated heterocycles. The molecule has 0 aromatic rings. The topological polar surface area (TPSA) is 26.3 Å². The Morgan fingerprint density at radius 1 is 1.36 bits per heavy atom. The molecule has 14 heavy (non-hydrogen) atoms. The van der Waals surface area contributed by atoms with Gasteiger partial charge in [-0.2, -0.15) is 0 Å². The summed E-state index contributed by atoms with van der Waals surface area (Å²) < 4.78 is 16.4. The normalized spacial score (nSPS) is 23.4. The lowest BCUT2D eigenvalue weighted by atomic mass is 10.5. The predicted molar refractivity (Wildman–Crippen MR) is 64.2 cm³/mol. The largest absolute Gasteiger partial charge is 0.286 e. The molecular weight excluding hydrogens is 212 g/mol. The van der Waals surface area contributed by atoms with Gasteiger partial charge >= 0.3 is 0 Å². The lowest BCUT2D eigenvalue weighted by Crippen LogP contribution is -2.38. The summed E-state index contributed by atoms with van der Waals surface area (Å²) in [5, 5.41) is 1.48. The van der Waals surface area contributed by atoms with Crippen LogP contribution in [0.4, 0.5) is 0 Å². The van der Waals surface area contributed by atoms with Crippen molar-refractivity contribution in [1.82, 2.24) is 0 Å². The van der Waals surface area contributed by atoms with Gasteiger partial charge in [-0.3, -0.25) is 4.18 Å². The fourth-order valence-electron chi connectivity index (χ4n) is 2.24. The van der Waals surface area contributed by atoms with Crippen molar-refractivity contribution in [3.8, 4) is 0 Å². The van der Waals surface area contributed by atoms with Crippen molar-refractivity contribution in [1.29, 1.82) is 0 Å². The number of hydrogen-bond donors (Lipinski definition) is 0. The zero-order valence-corrected chi connectivity index (χ0v) is 11.2. The van der Waals surface area contributed by atoms with E-state index in [9.17, 15) is 4.21 Å². The first-order valence-electron chi connectivity index (χ1n) is 5.39. The van der Waals surface area contributed by atoms with Gasteiger partial charge in [-0.05, 0) is 0 Å². The van der Waals surface area contributed by atoms with Crippen molar-refractivity contribution >= 4 is 19.2 Å². The first-order chi connectivity index (χ1) is 6.68. The van der Waals surface area contributed by atoms with E-state index in [4.69, 9.17) is 4.18 Å². The van der Waals surface area contributed by atoms with Crippen molar-refractivity contribution in [3.63, 3.8) is 0 Å². The SMILES string of the molecule is CC[Si](CC)(CC)C1=CCOS(=O)C1. The lowest BCUT2D eigenvalue weighted by Gasteiger charge is -2.32. The Morgan fingerprint density at radius 2 is 1.93 bits per heavy atom. The maximum absolute atomic E-state index is 11.3. The van der Waals surface area contributed by atoms with Crippen LogP contribution in [0.25, 0.3) is 0 Å². The average Bonchev–Trinajstić information content (AvgIpc) is 2.22. The molecule has 0 aromatic heterocycles. The molecule has 0 N–H and O–H groups in total. The van der Waals surface area contributed by atoms with E-state index in [1.54, 1.807) is 0 Å². The Labute approximate surface area is 90.4 Å². The number of hydrogen-bond acceptors (Lipinski definition) is 2. The van der Waals surface area contributed by atoms with Gasteiger partial charge in [-0.25, -0.2) is 4.21 Å². The summed E-state index contributed by atoms with van der Waals surface area (Å²) in [5.41, 5.74) is 0. The minimum atomic E-state index is -1.27. The quantitative estimate of drug-likeness (QED) is 0.697. The van der Waals surface area contributed by atoms with Crippen LogP contribution in [-0.2, 0) is 15.3 Å². The fourth-order valence-corrected chi connectivity index (χ4v) is 7.87. The summed E-state index contributed by atoms with van der Waals surface area (Å²) in [7, 11) is -1.27. The van der Waals surface area contributed by atoms with E-state index in [-0.39, 0.29) is 0 Å². The second-order valence-corrected chi connectivity index (χ2v) is 10.3. The molecule has 0 radical (unpaired) electrons. The van der Waals surface area contributed by atoms with E-state index in [0.717, 1.165) is 0 Å². The van der Waals surface area contributed by atoms with E-state index in [2.05, 4.69) is 26.8 Å². The van der Waals surface area contributed by atoms with Crippen LogP contribution >= 0.6 is 0 Å². The van der Waals surface area contributed by atoms with E-state index < -0.39 is 19.2 Å². The Bertz CT molecular complexity index is 238. The van der Waals surface area contributed by atoms with Crippen molar-refractivity contribution in [2.75, 3.05) is 12.4 Å². The minimum Gasteiger partial charge on any atom is -0.286 e. The first kappa shape index (κ1) is 12.1. The van der Waals surface area contributed by atoms with E-state index in [0.29, 0.717) is 12.4 Å². The van der Waals surface area contributed by atoms with Crippen LogP contribution in [0, 0.1) is 0 Å². The highest BCUT2D eigenvalue weighted by Crippen LogP contribution is 2.30. The summed E-state index contributed by atoms with van der Waals surface area (Å²) in [6.07, 6.45) is 2.18. The Balaban J connectivity index is 2.87. The van der Waals surface area contributed by atoms with E-state index in [1.165, 1.54) is 23.3 Å². The molecule has 0 bridgehead atoms. The Kier molecular flexibility index (Phi) is 4.54. The maximum atomic E-state index is 11.3. The molecule has 4 heteroatoms. The zero-order valence-electron chi connectivity index (χ0n) is 9.34. The van der Waals surface area contributed by atoms with Gasteiger partial charge in [0.2, 0.25) is 0 Å². The molecule has 2 nitrogen and oxygen atoms in total. The van der Waals surface area contributed by atoms with Gasteiger partial charge in [0.1, 0.15) is 0 Å². The standard InChI is InChI=1S/C10H20O2SSi/c1-4-14(5-2,6-3)10-7-8-12-13(11)9-10/h7H,4-6,8-9H2,1-3H3. The second kappa shape index (κ2) is 5.23. The van der Waals surface area contributed by atoms with Crippen LogP contribution < -0.4 is 0 Å². The molecule has 0 aromatic carbocycles. The summed E-state index contributed by atoms with van der Waals surface area (Å²) in [6.45, 7) is 7.38. The summed E-state index contributed by atoms with van der Waals surface area (Å²) in [5.74, 6) is 0.668. The van der Waals surface area contributed by atoms with Gasteiger partial charge in [-0.1, -0.05) is 50.2 Å². The second-order valence-electron chi connectivity index (χ2n) is 3.80. The molecule has 1 atom stereocenters. The van der Waals surface area contributed by atoms with Crippen LogP contribution in [0.5, 0.6) is 0 Å². The third kappa shape index (κ3) is 2.35. The molecule has 0 aliphatic carbocycles. The smallest absolute Gasteiger partial charge is 0.159 e. The van der Waals surface area contributed by atoms with Gasteiger partial charge in [0, 0.05) is 0 Å². The van der Waals surface area contributed by atoms with Crippen LogP contribution in [0.1, 0.15) is 20.8 Å². The predicted octanol–water partition coefficient (Wildman–Crippen LogP) is 2.65. The minimum absolute atomic E-state index is 0.552. The van der Waals surface area contributed by atoms with E-state index in [1.807, 2.05) is 0 Å². The molecule has 82 valence electrons. The number of rotatable bonds is 4. The lowest BCUT2D eigenvalue weighted by molar-refractivity contribution is 0.390. The molecule has 0 saturated carbocycles. The zero-order chi connectivity index (χ0) is 10.6. The molecule has 0 spiro atoms. The van der Waals surface area contributed by atoms with Gasteiger partial charge in [0.25, 0.3) is 0 Å². The first-order valence-corrected chi connectivity index (χ1v) is 9.26. The molecule has 1 rings (SSSR count). The van der Waals surface area contributed by atoms with Gasteiger partial charge < -0.3 is 0 Å². The monoisotopic (exact) mass is 232 g/mol. The van der Waals surface area contributed by atoms with Crippen LogP contribution in [0.3, 0.4) is 0 Å². The highest BCUT2D eigenvalue weighted by molar-refractivity contribution is 7.80. The molecule has 0 fully saturated rings. The Morgan fingerprint density at radius 3 is 2.36 bits per heavy atom.